The summed E-state index contributed by atoms with van der Waals surface area (Å²) in [6.45, 7) is 0.693. The maximum atomic E-state index is 13.2. The fourth-order valence-electron chi connectivity index (χ4n) is 2.04. The third-order valence-corrected chi connectivity index (χ3v) is 2.97. The summed E-state index contributed by atoms with van der Waals surface area (Å²) in [7, 11) is 0. The van der Waals surface area contributed by atoms with E-state index in [1.807, 2.05) is 0 Å². The standard InChI is InChI=1S/C13H11FN4O2/c14-10-3-8(5-16-7-10)9-4-11-12(17-6-9)18(13(15)19)1-2-20-11/h3-7H,1-2H2,(H2,15,19). The van der Waals surface area contributed by atoms with Crippen molar-refractivity contribution in [1.82, 2.24) is 9.97 Å². The molecule has 2 aromatic heterocycles. The number of hydrogen-bond donors (Lipinski definition) is 1. The summed E-state index contributed by atoms with van der Waals surface area (Å²) in [5, 5.41) is 0. The first-order chi connectivity index (χ1) is 9.65. The summed E-state index contributed by atoms with van der Waals surface area (Å²) < 4.78 is 18.6. The third-order valence-electron chi connectivity index (χ3n) is 2.97. The second-order valence-electron chi connectivity index (χ2n) is 4.28. The molecule has 0 fully saturated rings. The molecular formula is C13H11FN4O2. The van der Waals surface area contributed by atoms with Gasteiger partial charge in [-0.1, -0.05) is 0 Å². The van der Waals surface area contributed by atoms with E-state index in [1.165, 1.54) is 23.4 Å². The molecule has 2 aromatic rings. The average Bonchev–Trinajstić information content (AvgIpc) is 2.46. The van der Waals surface area contributed by atoms with Gasteiger partial charge in [0.2, 0.25) is 0 Å². The van der Waals surface area contributed by atoms with Gasteiger partial charge in [-0.25, -0.2) is 14.2 Å². The van der Waals surface area contributed by atoms with Crippen LogP contribution in [-0.2, 0) is 0 Å². The number of carbonyl (C=O) groups excluding carboxylic acids is 1. The number of halogens is 1. The molecule has 0 aromatic carbocycles. The third kappa shape index (κ3) is 2.13. The first kappa shape index (κ1) is 12.3. The van der Waals surface area contributed by atoms with E-state index in [2.05, 4.69) is 9.97 Å². The monoisotopic (exact) mass is 274 g/mol. The Morgan fingerprint density at radius 3 is 2.85 bits per heavy atom. The minimum Gasteiger partial charge on any atom is -0.488 e. The number of nitrogens with zero attached hydrogens (tertiary/aromatic N) is 3. The van der Waals surface area contributed by atoms with Gasteiger partial charge >= 0.3 is 6.03 Å². The number of aromatic nitrogens is 2. The van der Waals surface area contributed by atoms with Gasteiger partial charge in [-0.05, 0) is 12.1 Å². The maximum Gasteiger partial charge on any atom is 0.320 e. The molecule has 20 heavy (non-hydrogen) atoms. The topological polar surface area (TPSA) is 81.3 Å². The largest absolute Gasteiger partial charge is 0.488 e. The fraction of sp³-hybridized carbons (Fsp3) is 0.154. The van der Waals surface area contributed by atoms with E-state index in [1.54, 1.807) is 6.07 Å². The Balaban J connectivity index is 2.03. The van der Waals surface area contributed by atoms with Crippen molar-refractivity contribution in [3.05, 3.63) is 36.5 Å². The molecule has 0 bridgehead atoms. The summed E-state index contributed by atoms with van der Waals surface area (Å²) in [6, 6.07) is 2.46. The van der Waals surface area contributed by atoms with Crippen molar-refractivity contribution in [2.45, 2.75) is 0 Å². The highest BCUT2D eigenvalue weighted by Gasteiger charge is 2.23. The number of hydrogen-bond acceptors (Lipinski definition) is 4. The Morgan fingerprint density at radius 1 is 1.30 bits per heavy atom. The van der Waals surface area contributed by atoms with Gasteiger partial charge in [0.15, 0.2) is 11.6 Å². The van der Waals surface area contributed by atoms with Gasteiger partial charge in [-0.15, -0.1) is 0 Å². The molecule has 2 N–H and O–H groups in total. The molecule has 0 saturated carbocycles. The van der Waals surface area contributed by atoms with Crippen LogP contribution in [0.15, 0.2) is 30.7 Å². The second-order valence-corrected chi connectivity index (χ2v) is 4.28. The Kier molecular flexibility index (Phi) is 2.94. The summed E-state index contributed by atoms with van der Waals surface area (Å²) in [5.74, 6) is 0.383. The number of fused-ring (bicyclic) bond motifs is 1. The molecule has 3 rings (SSSR count). The molecule has 0 aliphatic carbocycles. The van der Waals surface area contributed by atoms with Crippen molar-refractivity contribution in [3.8, 4) is 16.9 Å². The quantitative estimate of drug-likeness (QED) is 0.855. The van der Waals surface area contributed by atoms with Gasteiger partial charge in [0, 0.05) is 23.5 Å². The SMILES string of the molecule is NC(=O)N1CCOc2cc(-c3cncc(F)c3)cnc21. The molecule has 0 saturated heterocycles. The van der Waals surface area contributed by atoms with Crippen LogP contribution in [-0.4, -0.2) is 29.2 Å². The number of ether oxygens (including phenoxy) is 1. The van der Waals surface area contributed by atoms with Crippen LogP contribution in [0.2, 0.25) is 0 Å². The number of anilines is 1. The second kappa shape index (κ2) is 4.76. The predicted molar refractivity (Wildman–Crippen MR) is 69.9 cm³/mol. The van der Waals surface area contributed by atoms with Crippen LogP contribution in [0.5, 0.6) is 5.75 Å². The van der Waals surface area contributed by atoms with Crippen LogP contribution in [0.4, 0.5) is 15.0 Å². The first-order valence-electron chi connectivity index (χ1n) is 5.96. The molecule has 102 valence electrons. The van der Waals surface area contributed by atoms with Gasteiger partial charge in [-0.2, -0.15) is 0 Å². The lowest BCUT2D eigenvalue weighted by atomic mass is 10.1. The molecule has 6 nitrogen and oxygen atoms in total. The van der Waals surface area contributed by atoms with Crippen LogP contribution in [0.1, 0.15) is 0 Å². The lowest BCUT2D eigenvalue weighted by Crippen LogP contribution is -2.41. The van der Waals surface area contributed by atoms with Crippen LogP contribution in [0.3, 0.4) is 0 Å². The molecule has 0 spiro atoms. The number of amides is 2. The summed E-state index contributed by atoms with van der Waals surface area (Å²) in [6.07, 6.45) is 4.18. The van der Waals surface area contributed by atoms with Gasteiger partial charge in [-0.3, -0.25) is 9.88 Å². The van der Waals surface area contributed by atoms with Crippen LogP contribution in [0, 0.1) is 5.82 Å². The van der Waals surface area contributed by atoms with Crippen molar-refractivity contribution in [2.24, 2.45) is 5.73 Å². The highest BCUT2D eigenvalue weighted by atomic mass is 19.1. The average molecular weight is 274 g/mol. The zero-order chi connectivity index (χ0) is 14.1. The molecule has 0 radical (unpaired) electrons. The van der Waals surface area contributed by atoms with Gasteiger partial charge in [0.1, 0.15) is 12.4 Å². The van der Waals surface area contributed by atoms with Crippen molar-refractivity contribution in [2.75, 3.05) is 18.1 Å². The summed E-state index contributed by atoms with van der Waals surface area (Å²) in [4.78, 5) is 20.6. The molecule has 0 atom stereocenters. The number of pyridine rings is 2. The number of carbonyl (C=O) groups is 1. The van der Waals surface area contributed by atoms with E-state index in [0.29, 0.717) is 35.8 Å². The van der Waals surface area contributed by atoms with E-state index in [-0.39, 0.29) is 0 Å². The first-order valence-corrected chi connectivity index (χ1v) is 5.96. The summed E-state index contributed by atoms with van der Waals surface area (Å²) in [5.41, 5.74) is 6.52. The van der Waals surface area contributed by atoms with Crippen LogP contribution in [0.25, 0.3) is 11.1 Å². The highest BCUT2D eigenvalue weighted by molar-refractivity contribution is 5.92. The number of rotatable bonds is 1. The van der Waals surface area contributed by atoms with E-state index in [0.717, 1.165) is 6.20 Å². The minimum atomic E-state index is -0.581. The summed E-state index contributed by atoms with van der Waals surface area (Å²) >= 11 is 0. The fourth-order valence-corrected chi connectivity index (χ4v) is 2.04. The molecule has 1 aliphatic heterocycles. The van der Waals surface area contributed by atoms with Crippen molar-refractivity contribution < 1.29 is 13.9 Å². The molecule has 7 heteroatoms. The lowest BCUT2D eigenvalue weighted by molar-refractivity contribution is 0.246. The Morgan fingerprint density at radius 2 is 2.10 bits per heavy atom. The zero-order valence-electron chi connectivity index (χ0n) is 10.4. The van der Waals surface area contributed by atoms with Gasteiger partial charge < -0.3 is 10.5 Å². The normalized spacial score (nSPS) is 13.6. The van der Waals surface area contributed by atoms with Gasteiger partial charge in [0.05, 0.1) is 12.7 Å². The zero-order valence-corrected chi connectivity index (χ0v) is 10.4. The van der Waals surface area contributed by atoms with Crippen molar-refractivity contribution in [3.63, 3.8) is 0 Å². The van der Waals surface area contributed by atoms with E-state index < -0.39 is 11.8 Å². The van der Waals surface area contributed by atoms with Gasteiger partial charge in [0.25, 0.3) is 0 Å². The van der Waals surface area contributed by atoms with E-state index in [4.69, 9.17) is 10.5 Å². The van der Waals surface area contributed by atoms with E-state index in [9.17, 15) is 9.18 Å². The molecule has 0 unspecified atom stereocenters. The molecule has 3 heterocycles. The minimum absolute atomic E-state index is 0.336. The highest BCUT2D eigenvalue weighted by Crippen LogP contribution is 2.33. The Labute approximate surface area is 114 Å². The smallest absolute Gasteiger partial charge is 0.320 e. The predicted octanol–water partition coefficient (Wildman–Crippen LogP) is 1.56. The van der Waals surface area contributed by atoms with Crippen molar-refractivity contribution in [1.29, 1.82) is 0 Å². The maximum absolute atomic E-state index is 13.2. The Bertz CT molecular complexity index is 677. The molecular weight excluding hydrogens is 263 g/mol. The Hall–Kier alpha value is -2.70. The van der Waals surface area contributed by atoms with Crippen molar-refractivity contribution >= 4 is 11.8 Å². The number of urea groups is 1. The lowest BCUT2D eigenvalue weighted by Gasteiger charge is -2.27. The van der Waals surface area contributed by atoms with Crippen LogP contribution >= 0.6 is 0 Å². The van der Waals surface area contributed by atoms with Crippen LogP contribution < -0.4 is 15.4 Å². The molecule has 2 amide bonds. The number of nitrogens with two attached hydrogens (primary N) is 1. The number of primary amides is 1. The van der Waals surface area contributed by atoms with E-state index >= 15 is 0 Å². The molecule has 1 aliphatic rings.